The van der Waals surface area contributed by atoms with Crippen molar-refractivity contribution in [1.82, 2.24) is 4.90 Å². The van der Waals surface area contributed by atoms with Crippen LogP contribution >= 0.6 is 11.8 Å². The SMILES string of the molecule is CSc1ccc(/C=C/C(=O)Nc2cccc(C(=O)N(C)C)c2)cc1. The number of anilines is 1. The van der Waals surface area contributed by atoms with Crippen LogP contribution in [0.15, 0.2) is 59.5 Å². The standard InChI is InChI=1S/C19H20N2O2S/c1-21(2)19(23)15-5-4-6-16(13-15)20-18(22)12-9-14-7-10-17(24-3)11-8-14/h4-13H,1-3H3,(H,20,22)/b12-9+. The molecule has 2 aromatic carbocycles. The summed E-state index contributed by atoms with van der Waals surface area (Å²) in [6.07, 6.45) is 5.26. The van der Waals surface area contributed by atoms with Crippen LogP contribution in [0.25, 0.3) is 6.08 Å². The molecule has 124 valence electrons. The number of benzene rings is 2. The monoisotopic (exact) mass is 340 g/mol. The first kappa shape index (κ1) is 17.8. The number of nitrogens with one attached hydrogen (secondary N) is 1. The number of rotatable bonds is 5. The van der Waals surface area contributed by atoms with E-state index in [1.54, 1.807) is 56.2 Å². The zero-order valence-electron chi connectivity index (χ0n) is 13.9. The molecule has 0 saturated heterocycles. The maximum atomic E-state index is 12.0. The Morgan fingerprint density at radius 1 is 1.08 bits per heavy atom. The van der Waals surface area contributed by atoms with Crippen LogP contribution in [0.4, 0.5) is 5.69 Å². The molecule has 4 nitrogen and oxygen atoms in total. The van der Waals surface area contributed by atoms with Crippen molar-refractivity contribution in [2.24, 2.45) is 0 Å². The van der Waals surface area contributed by atoms with Crippen LogP contribution in [-0.2, 0) is 4.79 Å². The van der Waals surface area contributed by atoms with Crippen molar-refractivity contribution in [3.05, 3.63) is 65.7 Å². The zero-order valence-corrected chi connectivity index (χ0v) is 14.8. The lowest BCUT2D eigenvalue weighted by molar-refractivity contribution is -0.111. The van der Waals surface area contributed by atoms with Gasteiger partial charge in [-0.3, -0.25) is 9.59 Å². The quantitative estimate of drug-likeness (QED) is 0.666. The van der Waals surface area contributed by atoms with Crippen molar-refractivity contribution in [3.63, 3.8) is 0 Å². The Labute approximate surface area is 146 Å². The highest BCUT2D eigenvalue weighted by molar-refractivity contribution is 7.98. The van der Waals surface area contributed by atoms with Crippen molar-refractivity contribution in [1.29, 1.82) is 0 Å². The molecule has 2 amide bonds. The molecule has 2 rings (SSSR count). The summed E-state index contributed by atoms with van der Waals surface area (Å²) in [7, 11) is 3.39. The normalized spacial score (nSPS) is 10.6. The first-order chi connectivity index (χ1) is 11.5. The van der Waals surface area contributed by atoms with Gasteiger partial charge >= 0.3 is 0 Å². The Balaban J connectivity index is 2.02. The minimum Gasteiger partial charge on any atom is -0.345 e. The van der Waals surface area contributed by atoms with E-state index in [0.29, 0.717) is 11.3 Å². The van der Waals surface area contributed by atoms with Gasteiger partial charge in [0.25, 0.3) is 5.91 Å². The van der Waals surface area contributed by atoms with Crippen LogP contribution < -0.4 is 5.32 Å². The van der Waals surface area contributed by atoms with E-state index in [0.717, 1.165) is 5.56 Å². The Hall–Kier alpha value is -2.53. The van der Waals surface area contributed by atoms with Gasteiger partial charge in [-0.2, -0.15) is 0 Å². The molecule has 5 heteroatoms. The number of nitrogens with zero attached hydrogens (tertiary/aromatic N) is 1. The van der Waals surface area contributed by atoms with Gasteiger partial charge in [0.1, 0.15) is 0 Å². The van der Waals surface area contributed by atoms with E-state index in [1.165, 1.54) is 15.9 Å². The van der Waals surface area contributed by atoms with E-state index in [-0.39, 0.29) is 11.8 Å². The van der Waals surface area contributed by atoms with Gasteiger partial charge in [-0.25, -0.2) is 0 Å². The van der Waals surface area contributed by atoms with Crippen molar-refractivity contribution in [2.45, 2.75) is 4.90 Å². The van der Waals surface area contributed by atoms with Gasteiger partial charge in [-0.05, 0) is 48.2 Å². The average molecular weight is 340 g/mol. The summed E-state index contributed by atoms with van der Waals surface area (Å²) in [6, 6.07) is 14.8. The maximum Gasteiger partial charge on any atom is 0.253 e. The first-order valence-electron chi connectivity index (χ1n) is 7.44. The van der Waals surface area contributed by atoms with Gasteiger partial charge in [0.15, 0.2) is 0 Å². The van der Waals surface area contributed by atoms with Crippen LogP contribution in [0.1, 0.15) is 15.9 Å². The van der Waals surface area contributed by atoms with E-state index in [4.69, 9.17) is 0 Å². The summed E-state index contributed by atoms with van der Waals surface area (Å²) < 4.78 is 0. The zero-order chi connectivity index (χ0) is 17.5. The molecular weight excluding hydrogens is 320 g/mol. The summed E-state index contributed by atoms with van der Waals surface area (Å²) in [5, 5.41) is 2.77. The molecule has 0 aromatic heterocycles. The van der Waals surface area contributed by atoms with Crippen LogP contribution in [0.2, 0.25) is 0 Å². The molecule has 0 saturated carbocycles. The molecule has 1 N–H and O–H groups in total. The first-order valence-corrected chi connectivity index (χ1v) is 8.67. The molecule has 0 atom stereocenters. The summed E-state index contributed by atoms with van der Waals surface area (Å²) in [4.78, 5) is 26.6. The minimum absolute atomic E-state index is 0.101. The lowest BCUT2D eigenvalue weighted by Crippen LogP contribution is -2.21. The number of thioether (sulfide) groups is 1. The van der Waals surface area contributed by atoms with Gasteiger partial charge in [0, 0.05) is 36.3 Å². The second kappa shape index (κ2) is 8.36. The van der Waals surface area contributed by atoms with Crippen molar-refractivity contribution >= 4 is 35.3 Å². The number of hydrogen-bond donors (Lipinski definition) is 1. The summed E-state index contributed by atoms with van der Waals surface area (Å²) in [5.74, 6) is -0.339. The molecule has 0 aliphatic heterocycles. The molecule has 0 fully saturated rings. The molecule has 0 radical (unpaired) electrons. The number of carbonyl (C=O) groups is 2. The van der Waals surface area contributed by atoms with E-state index >= 15 is 0 Å². The van der Waals surface area contributed by atoms with Gasteiger partial charge in [0.05, 0.1) is 0 Å². The molecule has 0 aliphatic carbocycles. The third kappa shape index (κ3) is 4.99. The van der Waals surface area contributed by atoms with E-state index in [9.17, 15) is 9.59 Å². The summed E-state index contributed by atoms with van der Waals surface area (Å²) in [6.45, 7) is 0. The number of amides is 2. The lowest BCUT2D eigenvalue weighted by Gasteiger charge is -2.11. The fourth-order valence-corrected chi connectivity index (χ4v) is 2.47. The molecule has 0 unspecified atom stereocenters. The Bertz CT molecular complexity index is 752. The van der Waals surface area contributed by atoms with Gasteiger partial charge in [-0.1, -0.05) is 18.2 Å². The van der Waals surface area contributed by atoms with Gasteiger partial charge in [0.2, 0.25) is 5.91 Å². The molecule has 24 heavy (non-hydrogen) atoms. The topological polar surface area (TPSA) is 49.4 Å². The van der Waals surface area contributed by atoms with E-state index < -0.39 is 0 Å². The summed E-state index contributed by atoms with van der Waals surface area (Å²) in [5.41, 5.74) is 2.09. The van der Waals surface area contributed by atoms with Crippen molar-refractivity contribution < 1.29 is 9.59 Å². The highest BCUT2D eigenvalue weighted by Crippen LogP contribution is 2.16. The van der Waals surface area contributed by atoms with Crippen LogP contribution in [0.5, 0.6) is 0 Å². The predicted octanol–water partition coefficient (Wildman–Crippen LogP) is 3.76. The van der Waals surface area contributed by atoms with Crippen molar-refractivity contribution in [3.8, 4) is 0 Å². The van der Waals surface area contributed by atoms with E-state index in [2.05, 4.69) is 5.32 Å². The second-order valence-electron chi connectivity index (χ2n) is 5.38. The highest BCUT2D eigenvalue weighted by atomic mass is 32.2. The minimum atomic E-state index is -0.238. The van der Waals surface area contributed by atoms with Crippen LogP contribution in [-0.4, -0.2) is 37.1 Å². The summed E-state index contributed by atoms with van der Waals surface area (Å²) >= 11 is 1.67. The Kier molecular flexibility index (Phi) is 6.21. The van der Waals surface area contributed by atoms with Gasteiger partial charge < -0.3 is 10.2 Å². The largest absolute Gasteiger partial charge is 0.345 e. The molecule has 0 aliphatic rings. The number of carbonyl (C=O) groups excluding carboxylic acids is 2. The highest BCUT2D eigenvalue weighted by Gasteiger charge is 2.08. The maximum absolute atomic E-state index is 12.0. The van der Waals surface area contributed by atoms with E-state index in [1.807, 2.05) is 30.5 Å². The fraction of sp³-hybridized carbons (Fsp3) is 0.158. The molecule has 0 bridgehead atoms. The van der Waals surface area contributed by atoms with Crippen LogP contribution in [0, 0.1) is 0 Å². The smallest absolute Gasteiger partial charge is 0.253 e. The molecular formula is C19H20N2O2S. The lowest BCUT2D eigenvalue weighted by atomic mass is 10.1. The second-order valence-corrected chi connectivity index (χ2v) is 6.26. The van der Waals surface area contributed by atoms with Gasteiger partial charge in [-0.15, -0.1) is 11.8 Å². The fourth-order valence-electron chi connectivity index (χ4n) is 2.06. The van der Waals surface area contributed by atoms with Crippen LogP contribution in [0.3, 0.4) is 0 Å². The molecule has 0 spiro atoms. The number of hydrogen-bond acceptors (Lipinski definition) is 3. The molecule has 2 aromatic rings. The average Bonchev–Trinajstić information content (AvgIpc) is 2.60. The Morgan fingerprint density at radius 2 is 1.79 bits per heavy atom. The third-order valence-electron chi connectivity index (χ3n) is 3.33. The van der Waals surface area contributed by atoms with Crippen molar-refractivity contribution in [2.75, 3.05) is 25.7 Å². The third-order valence-corrected chi connectivity index (χ3v) is 4.07. The molecule has 0 heterocycles. The Morgan fingerprint density at radius 3 is 2.42 bits per heavy atom. The predicted molar refractivity (Wildman–Crippen MR) is 100 cm³/mol.